The lowest BCUT2D eigenvalue weighted by molar-refractivity contribution is -0.137. The van der Waals surface area contributed by atoms with Crippen molar-refractivity contribution in [2.45, 2.75) is 31.5 Å². The summed E-state index contributed by atoms with van der Waals surface area (Å²) in [5.41, 5.74) is 1.73. The zero-order valence-corrected chi connectivity index (χ0v) is 21.4. The number of ether oxygens (including phenoxy) is 1. The van der Waals surface area contributed by atoms with Crippen molar-refractivity contribution < 1.29 is 22.7 Å². The van der Waals surface area contributed by atoms with Gasteiger partial charge in [0.1, 0.15) is 30.1 Å². The Morgan fingerprint density at radius 3 is 2.72 bits per heavy atom. The second-order valence-corrected chi connectivity index (χ2v) is 9.49. The first-order valence-electron chi connectivity index (χ1n) is 12.2. The Morgan fingerprint density at radius 2 is 2.00 bits per heavy atom. The number of rotatable bonds is 7. The highest BCUT2D eigenvalue weighted by Crippen LogP contribution is 2.37. The fraction of sp³-hybridized carbons (Fsp3) is 0.259. The van der Waals surface area contributed by atoms with Crippen LogP contribution in [0.1, 0.15) is 35.6 Å². The maximum Gasteiger partial charge on any atom is 0.416 e. The van der Waals surface area contributed by atoms with Crippen LogP contribution < -0.4 is 10.1 Å². The zero-order valence-electron chi connectivity index (χ0n) is 20.6. The molecule has 1 fully saturated rings. The predicted octanol–water partition coefficient (Wildman–Crippen LogP) is 6.24. The van der Waals surface area contributed by atoms with Gasteiger partial charge in [0.2, 0.25) is 5.91 Å². The number of carbonyl (C=O) groups excluding carboxylic acids is 1. The fourth-order valence-electron chi connectivity index (χ4n) is 4.66. The van der Waals surface area contributed by atoms with Crippen LogP contribution in [-0.4, -0.2) is 43.8 Å². The average Bonchev–Trinajstić information content (AvgIpc) is 3.37. The number of aromatic amines is 1. The summed E-state index contributed by atoms with van der Waals surface area (Å²) < 4.78 is 44.5. The average molecular weight is 557 g/mol. The van der Waals surface area contributed by atoms with Gasteiger partial charge in [0.05, 0.1) is 21.7 Å². The minimum Gasteiger partial charge on any atom is -0.486 e. The first-order valence-corrected chi connectivity index (χ1v) is 12.6. The van der Waals surface area contributed by atoms with E-state index >= 15 is 0 Å². The minimum absolute atomic E-state index is 0.0616. The number of amides is 1. The molecule has 0 unspecified atom stereocenters. The van der Waals surface area contributed by atoms with Crippen molar-refractivity contribution in [3.8, 4) is 5.75 Å². The van der Waals surface area contributed by atoms with E-state index in [1.54, 1.807) is 23.1 Å². The van der Waals surface area contributed by atoms with E-state index in [9.17, 15) is 18.0 Å². The Hall–Kier alpha value is -4.12. The van der Waals surface area contributed by atoms with Crippen LogP contribution in [-0.2, 0) is 17.6 Å². The van der Waals surface area contributed by atoms with E-state index in [1.165, 1.54) is 12.4 Å². The molecule has 0 atom stereocenters. The standard InChI is InChI=1S/C27H24ClF3N6O2/c1-2-23(38)37-9-6-16(7-10-37)20-13-33-25-24(20)26(35-15-34-25)36-18-3-4-22(21(28)12-18)39-14-19-11-17(5-8-32-19)27(29,30)31/h2-5,8,11-13,15-16H,1,6-7,9-10,14H2,(H2,33,34,35,36). The van der Waals surface area contributed by atoms with E-state index in [0.717, 1.165) is 42.1 Å². The first-order chi connectivity index (χ1) is 18.7. The number of halogens is 4. The number of anilines is 2. The lowest BCUT2D eigenvalue weighted by atomic mass is 9.89. The molecule has 2 N–H and O–H groups in total. The normalized spacial score (nSPS) is 14.4. The molecular formula is C27H24ClF3N6O2. The van der Waals surface area contributed by atoms with Crippen LogP contribution in [0.2, 0.25) is 5.02 Å². The van der Waals surface area contributed by atoms with Crippen LogP contribution in [0, 0.1) is 0 Å². The molecule has 0 saturated carbocycles. The van der Waals surface area contributed by atoms with E-state index in [0.29, 0.717) is 36.0 Å². The lowest BCUT2D eigenvalue weighted by Crippen LogP contribution is -2.36. The molecule has 1 aromatic carbocycles. The quantitative estimate of drug-likeness (QED) is 0.262. The Labute approximate surface area is 226 Å². The molecule has 0 radical (unpaired) electrons. The molecule has 1 saturated heterocycles. The van der Waals surface area contributed by atoms with Crippen molar-refractivity contribution in [3.63, 3.8) is 0 Å². The molecule has 0 spiro atoms. The number of H-pyrrole nitrogens is 1. The molecular weight excluding hydrogens is 533 g/mol. The van der Waals surface area contributed by atoms with Crippen molar-refractivity contribution in [3.05, 3.63) is 83.6 Å². The third-order valence-corrected chi connectivity index (χ3v) is 6.93. The number of nitrogens with one attached hydrogen (secondary N) is 2. The predicted molar refractivity (Wildman–Crippen MR) is 141 cm³/mol. The molecule has 8 nitrogen and oxygen atoms in total. The van der Waals surface area contributed by atoms with Gasteiger partial charge in [0.25, 0.3) is 0 Å². The van der Waals surface area contributed by atoms with Crippen molar-refractivity contribution in [1.82, 2.24) is 24.8 Å². The van der Waals surface area contributed by atoms with Crippen molar-refractivity contribution in [2.75, 3.05) is 18.4 Å². The molecule has 1 amide bonds. The summed E-state index contributed by atoms with van der Waals surface area (Å²) in [6, 6.07) is 6.86. The molecule has 4 heterocycles. The van der Waals surface area contributed by atoms with Crippen LogP contribution in [0.25, 0.3) is 11.0 Å². The number of likely N-dealkylation sites (tertiary alicyclic amines) is 1. The summed E-state index contributed by atoms with van der Waals surface area (Å²) in [7, 11) is 0. The van der Waals surface area contributed by atoms with Crippen molar-refractivity contribution >= 4 is 40.0 Å². The molecule has 5 rings (SSSR count). The molecule has 0 bridgehead atoms. The Balaban J connectivity index is 1.31. The number of pyridine rings is 1. The van der Waals surface area contributed by atoms with Gasteiger partial charge < -0.3 is 19.9 Å². The van der Waals surface area contributed by atoms with Crippen LogP contribution >= 0.6 is 11.6 Å². The first kappa shape index (κ1) is 26.5. The maximum atomic E-state index is 13.0. The largest absolute Gasteiger partial charge is 0.486 e. The van der Waals surface area contributed by atoms with Gasteiger partial charge in [-0.2, -0.15) is 13.2 Å². The molecule has 12 heteroatoms. The molecule has 4 aromatic rings. The van der Waals surface area contributed by atoms with Crippen LogP contribution in [0.15, 0.2) is 61.7 Å². The van der Waals surface area contributed by atoms with Crippen LogP contribution in [0.5, 0.6) is 5.75 Å². The highest BCUT2D eigenvalue weighted by molar-refractivity contribution is 6.32. The number of piperidine rings is 1. The fourth-order valence-corrected chi connectivity index (χ4v) is 4.90. The monoisotopic (exact) mass is 556 g/mol. The maximum absolute atomic E-state index is 13.0. The van der Waals surface area contributed by atoms with Gasteiger partial charge >= 0.3 is 6.18 Å². The van der Waals surface area contributed by atoms with Gasteiger partial charge in [-0.25, -0.2) is 9.97 Å². The zero-order chi connectivity index (χ0) is 27.6. The second-order valence-electron chi connectivity index (χ2n) is 9.09. The van der Waals surface area contributed by atoms with Crippen molar-refractivity contribution in [2.24, 2.45) is 0 Å². The number of hydrogen-bond donors (Lipinski definition) is 2. The second kappa shape index (κ2) is 10.9. The Bertz CT molecular complexity index is 1520. The van der Waals surface area contributed by atoms with Gasteiger partial charge in [-0.1, -0.05) is 18.2 Å². The number of aromatic nitrogens is 4. The lowest BCUT2D eigenvalue weighted by Gasteiger charge is -2.31. The summed E-state index contributed by atoms with van der Waals surface area (Å²) in [6.45, 7) is 4.68. The summed E-state index contributed by atoms with van der Waals surface area (Å²) in [5.74, 6) is 1.06. The van der Waals surface area contributed by atoms with Crippen molar-refractivity contribution in [1.29, 1.82) is 0 Å². The number of benzene rings is 1. The SMILES string of the molecule is C=CC(=O)N1CCC(c2c[nH]c3ncnc(Nc4ccc(OCc5cc(C(F)(F)F)ccn5)c(Cl)c4)c23)CC1. The number of hydrogen-bond acceptors (Lipinski definition) is 6. The summed E-state index contributed by atoms with van der Waals surface area (Å²) in [4.78, 5) is 29.7. The highest BCUT2D eigenvalue weighted by Gasteiger charge is 2.31. The summed E-state index contributed by atoms with van der Waals surface area (Å²) in [6.07, 6.45) is 2.97. The van der Waals surface area contributed by atoms with Crippen LogP contribution in [0.4, 0.5) is 24.7 Å². The topological polar surface area (TPSA) is 96.0 Å². The molecule has 0 aliphatic carbocycles. The highest BCUT2D eigenvalue weighted by atomic mass is 35.5. The van der Waals surface area contributed by atoms with E-state index in [1.807, 2.05) is 6.20 Å². The molecule has 39 heavy (non-hydrogen) atoms. The van der Waals surface area contributed by atoms with Gasteiger partial charge in [0.15, 0.2) is 0 Å². The third-order valence-electron chi connectivity index (χ3n) is 6.64. The molecule has 1 aliphatic heterocycles. The van der Waals surface area contributed by atoms with E-state index in [-0.39, 0.29) is 29.1 Å². The van der Waals surface area contributed by atoms with E-state index in [4.69, 9.17) is 16.3 Å². The molecule has 202 valence electrons. The van der Waals surface area contributed by atoms with Gasteiger partial charge in [-0.05, 0) is 60.7 Å². The van der Waals surface area contributed by atoms with Gasteiger partial charge in [-0.3, -0.25) is 9.78 Å². The van der Waals surface area contributed by atoms with Gasteiger partial charge in [-0.15, -0.1) is 0 Å². The van der Waals surface area contributed by atoms with E-state index in [2.05, 4.69) is 31.8 Å². The summed E-state index contributed by atoms with van der Waals surface area (Å²) >= 11 is 6.42. The molecule has 3 aromatic heterocycles. The minimum atomic E-state index is -4.46. The Kier molecular flexibility index (Phi) is 7.42. The Morgan fingerprint density at radius 1 is 1.21 bits per heavy atom. The number of alkyl halides is 3. The number of nitrogens with zero attached hydrogens (tertiary/aromatic N) is 4. The number of carbonyl (C=O) groups is 1. The van der Waals surface area contributed by atoms with E-state index < -0.39 is 11.7 Å². The van der Waals surface area contributed by atoms with Gasteiger partial charge in [0, 0.05) is 31.2 Å². The smallest absolute Gasteiger partial charge is 0.416 e. The van der Waals surface area contributed by atoms with Crippen LogP contribution in [0.3, 0.4) is 0 Å². The summed E-state index contributed by atoms with van der Waals surface area (Å²) in [5, 5.41) is 4.42. The number of fused-ring (bicyclic) bond motifs is 1. The molecule has 1 aliphatic rings. The third kappa shape index (κ3) is 5.83.